The van der Waals surface area contributed by atoms with E-state index in [-0.39, 0.29) is 0 Å². The molecule has 2 heterocycles. The van der Waals surface area contributed by atoms with E-state index in [1.54, 1.807) is 12.1 Å². The molecule has 55 valence electrons. The monoisotopic (exact) mass is 153 g/mol. The van der Waals surface area contributed by atoms with Crippen molar-refractivity contribution in [2.24, 2.45) is 0 Å². The zero-order valence-corrected chi connectivity index (χ0v) is 6.28. The minimum absolute atomic E-state index is 0.635. The molecule has 0 amide bonds. The van der Waals surface area contributed by atoms with Crippen LogP contribution in [0.15, 0.2) is 24.3 Å². The molecule has 0 aliphatic rings. The number of nitrogens with zero attached hydrogens (tertiary/aromatic N) is 2. The molecule has 0 aromatic carbocycles. The van der Waals surface area contributed by atoms with E-state index >= 15 is 0 Å². The Morgan fingerprint density at radius 2 is 2.17 bits per heavy atom. The smallest absolute Gasteiger partial charge is 0.113 e. The van der Waals surface area contributed by atoms with E-state index in [4.69, 9.17) is 6.42 Å². The molecule has 2 rings (SSSR count). The maximum absolute atomic E-state index is 5.20. The molecule has 0 N–H and O–H groups in total. The normalized spacial score (nSPS) is 9.58. The quantitative estimate of drug-likeness (QED) is 0.535. The Labute approximate surface area is 70.3 Å². The molecule has 0 unspecified atom stereocenters. The van der Waals surface area contributed by atoms with Gasteiger partial charge in [-0.3, -0.25) is 0 Å². The molecular formula is C10H5N2. The van der Waals surface area contributed by atoms with Crippen molar-refractivity contribution in [3.8, 4) is 12.3 Å². The lowest BCUT2D eigenvalue weighted by molar-refractivity contribution is 1.30. The Bertz CT molecular complexity index is 455. The molecule has 2 aromatic rings. The fourth-order valence-corrected chi connectivity index (χ4v) is 0.988. The van der Waals surface area contributed by atoms with Crippen LogP contribution in [0.2, 0.25) is 0 Å². The molecule has 0 aliphatic heterocycles. The van der Waals surface area contributed by atoms with Crippen LogP contribution in [0.3, 0.4) is 0 Å². The first-order chi connectivity index (χ1) is 5.90. The van der Waals surface area contributed by atoms with E-state index in [2.05, 4.69) is 22.1 Å². The summed E-state index contributed by atoms with van der Waals surface area (Å²) in [6.07, 6.45) is 7.93. The zero-order chi connectivity index (χ0) is 8.39. The highest BCUT2D eigenvalue weighted by atomic mass is 14.7. The third kappa shape index (κ3) is 1.02. The topological polar surface area (TPSA) is 25.8 Å². The van der Waals surface area contributed by atoms with Gasteiger partial charge in [0.1, 0.15) is 5.69 Å². The number of aromatic nitrogens is 2. The first kappa shape index (κ1) is 6.81. The van der Waals surface area contributed by atoms with Gasteiger partial charge in [-0.15, -0.1) is 6.42 Å². The Morgan fingerprint density at radius 1 is 1.25 bits per heavy atom. The number of hydrogen-bond donors (Lipinski definition) is 0. The molecular weight excluding hydrogens is 148 g/mol. The second-order valence-electron chi connectivity index (χ2n) is 2.32. The number of fused-ring (bicyclic) bond motifs is 1. The summed E-state index contributed by atoms with van der Waals surface area (Å²) in [6, 6.07) is 7.16. The SMILES string of the molecule is C#Cc1ccc2n[c]ccc2n1. The Balaban J connectivity index is 2.78. The maximum atomic E-state index is 5.20. The van der Waals surface area contributed by atoms with Crippen LogP contribution < -0.4 is 0 Å². The third-order valence-electron chi connectivity index (χ3n) is 1.55. The van der Waals surface area contributed by atoms with Crippen molar-refractivity contribution >= 4 is 11.0 Å². The van der Waals surface area contributed by atoms with Gasteiger partial charge in [0.05, 0.1) is 17.2 Å². The first-order valence-corrected chi connectivity index (χ1v) is 3.50. The number of rotatable bonds is 0. The van der Waals surface area contributed by atoms with E-state index in [1.165, 1.54) is 0 Å². The summed E-state index contributed by atoms with van der Waals surface area (Å²) in [5, 5.41) is 0. The molecule has 0 spiro atoms. The fourth-order valence-electron chi connectivity index (χ4n) is 0.988. The van der Waals surface area contributed by atoms with Gasteiger partial charge in [0, 0.05) is 0 Å². The van der Waals surface area contributed by atoms with Crippen molar-refractivity contribution in [3.63, 3.8) is 0 Å². The standard InChI is InChI=1S/C10H5N2/c1-2-8-5-6-9-10(12-8)4-3-7-11-9/h1,3-6H. The predicted molar refractivity (Wildman–Crippen MR) is 46.3 cm³/mol. The molecule has 0 aliphatic carbocycles. The van der Waals surface area contributed by atoms with Gasteiger partial charge in [0.2, 0.25) is 0 Å². The Hall–Kier alpha value is -1.88. The van der Waals surface area contributed by atoms with Crippen LogP contribution in [0.5, 0.6) is 0 Å². The van der Waals surface area contributed by atoms with Crippen molar-refractivity contribution in [3.05, 3.63) is 36.2 Å². The molecule has 0 saturated heterocycles. The van der Waals surface area contributed by atoms with Crippen LogP contribution in [0.4, 0.5) is 0 Å². The number of hydrogen-bond acceptors (Lipinski definition) is 2. The van der Waals surface area contributed by atoms with Gasteiger partial charge >= 0.3 is 0 Å². The average Bonchev–Trinajstić information content (AvgIpc) is 2.17. The van der Waals surface area contributed by atoms with Crippen LogP contribution in [0, 0.1) is 18.5 Å². The minimum atomic E-state index is 0.635. The van der Waals surface area contributed by atoms with Crippen molar-refractivity contribution in [1.82, 2.24) is 9.97 Å². The van der Waals surface area contributed by atoms with Gasteiger partial charge in [0.15, 0.2) is 0 Å². The maximum Gasteiger partial charge on any atom is 0.113 e. The van der Waals surface area contributed by atoms with E-state index < -0.39 is 0 Å². The minimum Gasteiger partial charge on any atom is -0.245 e. The number of pyridine rings is 2. The van der Waals surface area contributed by atoms with Crippen molar-refractivity contribution in [2.45, 2.75) is 0 Å². The molecule has 0 atom stereocenters. The first-order valence-electron chi connectivity index (χ1n) is 3.50. The average molecular weight is 153 g/mol. The molecule has 0 bridgehead atoms. The largest absolute Gasteiger partial charge is 0.245 e. The van der Waals surface area contributed by atoms with Crippen LogP contribution in [0.25, 0.3) is 11.0 Å². The van der Waals surface area contributed by atoms with E-state index in [9.17, 15) is 0 Å². The molecule has 1 radical (unpaired) electrons. The predicted octanol–water partition coefficient (Wildman–Crippen LogP) is 1.41. The molecule has 2 heteroatoms. The zero-order valence-electron chi connectivity index (χ0n) is 6.28. The molecule has 0 fully saturated rings. The van der Waals surface area contributed by atoms with Crippen LogP contribution >= 0.6 is 0 Å². The second kappa shape index (κ2) is 2.63. The number of terminal acetylenes is 1. The summed E-state index contributed by atoms with van der Waals surface area (Å²) < 4.78 is 0. The second-order valence-corrected chi connectivity index (χ2v) is 2.32. The van der Waals surface area contributed by atoms with E-state index in [1.807, 2.05) is 12.1 Å². The van der Waals surface area contributed by atoms with Gasteiger partial charge in [-0.05, 0) is 24.3 Å². The van der Waals surface area contributed by atoms with Gasteiger partial charge in [-0.25, -0.2) is 9.97 Å². The molecule has 2 nitrogen and oxygen atoms in total. The van der Waals surface area contributed by atoms with Gasteiger partial charge in [-0.1, -0.05) is 5.92 Å². The van der Waals surface area contributed by atoms with Gasteiger partial charge in [-0.2, -0.15) is 0 Å². The van der Waals surface area contributed by atoms with Gasteiger partial charge in [0.25, 0.3) is 0 Å². The Kier molecular flexibility index (Phi) is 1.49. The summed E-state index contributed by atoms with van der Waals surface area (Å²) >= 11 is 0. The van der Waals surface area contributed by atoms with Crippen LogP contribution in [-0.4, -0.2) is 9.97 Å². The highest BCUT2D eigenvalue weighted by Gasteiger charge is 1.94. The summed E-state index contributed by atoms with van der Waals surface area (Å²) in [7, 11) is 0. The molecule has 0 saturated carbocycles. The summed E-state index contributed by atoms with van der Waals surface area (Å²) in [6.45, 7) is 0. The molecule has 12 heavy (non-hydrogen) atoms. The lowest BCUT2D eigenvalue weighted by Gasteiger charge is -1.94. The summed E-state index contributed by atoms with van der Waals surface area (Å²) in [4.78, 5) is 8.18. The highest BCUT2D eigenvalue weighted by molar-refractivity contribution is 5.74. The molecule has 2 aromatic heterocycles. The van der Waals surface area contributed by atoms with Gasteiger partial charge < -0.3 is 0 Å². The summed E-state index contributed by atoms with van der Waals surface area (Å²) in [5.74, 6) is 2.47. The van der Waals surface area contributed by atoms with E-state index in [0.717, 1.165) is 11.0 Å². The fraction of sp³-hybridized carbons (Fsp3) is 0. The lowest BCUT2D eigenvalue weighted by Crippen LogP contribution is -1.85. The highest BCUT2D eigenvalue weighted by Crippen LogP contribution is 2.07. The lowest BCUT2D eigenvalue weighted by atomic mass is 10.3. The van der Waals surface area contributed by atoms with E-state index in [0.29, 0.717) is 5.69 Å². The van der Waals surface area contributed by atoms with Crippen molar-refractivity contribution in [2.75, 3.05) is 0 Å². The summed E-state index contributed by atoms with van der Waals surface area (Å²) in [5.41, 5.74) is 2.26. The van der Waals surface area contributed by atoms with Crippen molar-refractivity contribution in [1.29, 1.82) is 0 Å². The van der Waals surface area contributed by atoms with Crippen LogP contribution in [-0.2, 0) is 0 Å². The third-order valence-corrected chi connectivity index (χ3v) is 1.55. The van der Waals surface area contributed by atoms with Crippen LogP contribution in [0.1, 0.15) is 5.69 Å². The van der Waals surface area contributed by atoms with Crippen molar-refractivity contribution < 1.29 is 0 Å². The Morgan fingerprint density at radius 3 is 3.00 bits per heavy atom.